The summed E-state index contributed by atoms with van der Waals surface area (Å²) in [5.74, 6) is 3.83. The third kappa shape index (κ3) is 5.67. The van der Waals surface area contributed by atoms with Crippen LogP contribution in [0.2, 0.25) is 0 Å². The quantitative estimate of drug-likeness (QED) is 0.330. The van der Waals surface area contributed by atoms with Gasteiger partial charge in [-0.05, 0) is 130 Å². The summed E-state index contributed by atoms with van der Waals surface area (Å²) < 4.78 is 2.49. The lowest BCUT2D eigenvalue weighted by molar-refractivity contribution is 0.155. The Morgan fingerprint density at radius 2 is 1.85 bits per heavy atom. The molecule has 5 aliphatic carbocycles. The van der Waals surface area contributed by atoms with Gasteiger partial charge in [-0.15, -0.1) is 0 Å². The summed E-state index contributed by atoms with van der Waals surface area (Å²) in [6.07, 6.45) is 34.9. The molecule has 1 aromatic rings. The predicted octanol–water partition coefficient (Wildman–Crippen LogP) is 8.60. The van der Waals surface area contributed by atoms with Crippen LogP contribution >= 0.6 is 0 Å². The van der Waals surface area contributed by atoms with Crippen molar-refractivity contribution in [3.8, 4) is 6.07 Å². The molecular weight excluding hydrogens is 574 g/mol. The Kier molecular flexibility index (Phi) is 8.76. The lowest BCUT2D eigenvalue weighted by Crippen LogP contribution is -2.52. The maximum absolute atomic E-state index is 9.77. The first-order valence-electron chi connectivity index (χ1n) is 19.4. The Labute approximate surface area is 283 Å². The van der Waals surface area contributed by atoms with Gasteiger partial charge in [0.25, 0.3) is 0 Å². The number of piperidine rings is 1. The standard InChI is InChI=1S/C42H57N5/c1-27-11-7-21-38-41(27)32-15-3-5-19-36(32)46(38)26-31(35-18-10-17-34(45-35)30-14-9-13-29(23-30)25-43)24-40(44)47-37-20-6-4-16-33(37)42-28(2)12-8-22-39(42)47/h3,5,8,15,19,22,24,27-32,34-36,45H,4,6-7,9-14,16-18,20-21,23,26,44H2,1-2H3/b40-24+/t27-,28?,29?,30?,31?,32?,34?,35?,36?/m0/s1. The Morgan fingerprint density at radius 1 is 1.00 bits per heavy atom. The Hall–Kier alpha value is -2.97. The highest BCUT2D eigenvalue weighted by Gasteiger charge is 2.43. The van der Waals surface area contributed by atoms with Crippen molar-refractivity contribution in [2.24, 2.45) is 35.3 Å². The van der Waals surface area contributed by atoms with Gasteiger partial charge in [0, 0.05) is 47.8 Å². The molecule has 3 N–H and O–H groups in total. The zero-order chi connectivity index (χ0) is 32.1. The van der Waals surface area contributed by atoms with Crippen LogP contribution in [0.5, 0.6) is 0 Å². The van der Waals surface area contributed by atoms with Crippen LogP contribution in [0.1, 0.15) is 126 Å². The topological polar surface area (TPSA) is 70.0 Å². The molecule has 8 unspecified atom stereocenters. The molecule has 9 atom stereocenters. The van der Waals surface area contributed by atoms with Crippen LogP contribution in [0.15, 0.2) is 47.7 Å². The molecule has 47 heavy (non-hydrogen) atoms. The van der Waals surface area contributed by atoms with Gasteiger partial charge in [0.05, 0.1) is 17.8 Å². The first kappa shape index (κ1) is 31.3. The summed E-state index contributed by atoms with van der Waals surface area (Å²) in [5, 5.41) is 14.0. The zero-order valence-electron chi connectivity index (χ0n) is 29.0. The minimum atomic E-state index is 0.232. The summed E-state index contributed by atoms with van der Waals surface area (Å²) >= 11 is 0. The average Bonchev–Trinajstić information content (AvgIpc) is 3.62. The second-order valence-electron chi connectivity index (χ2n) is 16.3. The molecule has 2 fully saturated rings. The normalized spacial score (nSPS) is 35.6. The number of hydrogen-bond donors (Lipinski definition) is 2. The van der Waals surface area contributed by atoms with Crippen LogP contribution in [0, 0.1) is 40.9 Å². The number of hydrogen-bond acceptors (Lipinski definition) is 4. The largest absolute Gasteiger partial charge is 0.385 e. The third-order valence-corrected chi connectivity index (χ3v) is 13.4. The summed E-state index contributed by atoms with van der Waals surface area (Å²) in [5.41, 5.74) is 16.7. The van der Waals surface area contributed by atoms with Crippen molar-refractivity contribution in [2.75, 3.05) is 6.54 Å². The third-order valence-electron chi connectivity index (χ3n) is 13.4. The van der Waals surface area contributed by atoms with Crippen molar-refractivity contribution in [2.45, 2.75) is 134 Å². The fourth-order valence-corrected chi connectivity index (χ4v) is 11.2. The molecule has 0 spiro atoms. The van der Waals surface area contributed by atoms with Crippen molar-refractivity contribution < 1.29 is 0 Å². The molecule has 250 valence electrons. The minimum Gasteiger partial charge on any atom is -0.385 e. The molecule has 1 saturated carbocycles. The molecule has 1 aromatic heterocycles. The maximum Gasteiger partial charge on any atom is 0.104 e. The molecule has 2 aliphatic heterocycles. The van der Waals surface area contributed by atoms with Crippen molar-refractivity contribution in [3.05, 3.63) is 70.2 Å². The number of nitrogens with one attached hydrogen (secondary N) is 1. The molecule has 5 nitrogen and oxygen atoms in total. The summed E-state index contributed by atoms with van der Waals surface area (Å²) in [6, 6.07) is 3.94. The number of rotatable bonds is 6. The number of nitrogens with two attached hydrogens (primary N) is 1. The summed E-state index contributed by atoms with van der Waals surface area (Å²) in [6.45, 7) is 5.89. The molecule has 1 saturated heterocycles. The van der Waals surface area contributed by atoms with Gasteiger partial charge in [0.1, 0.15) is 5.82 Å². The minimum absolute atomic E-state index is 0.232. The number of nitriles is 1. The van der Waals surface area contributed by atoms with Gasteiger partial charge in [-0.2, -0.15) is 5.26 Å². The van der Waals surface area contributed by atoms with Crippen LogP contribution in [0.25, 0.3) is 11.9 Å². The van der Waals surface area contributed by atoms with Gasteiger partial charge in [0.15, 0.2) is 0 Å². The highest BCUT2D eigenvalue weighted by molar-refractivity contribution is 5.66. The second-order valence-corrected chi connectivity index (χ2v) is 16.3. The van der Waals surface area contributed by atoms with E-state index >= 15 is 0 Å². The predicted molar refractivity (Wildman–Crippen MR) is 193 cm³/mol. The smallest absolute Gasteiger partial charge is 0.104 e. The first-order chi connectivity index (χ1) is 23.0. The number of nitrogens with zero attached hydrogens (tertiary/aromatic N) is 3. The van der Waals surface area contributed by atoms with Crippen molar-refractivity contribution in [3.63, 3.8) is 0 Å². The monoisotopic (exact) mass is 631 g/mol. The van der Waals surface area contributed by atoms with Gasteiger partial charge in [-0.3, -0.25) is 0 Å². The number of fused-ring (bicyclic) bond motifs is 5. The van der Waals surface area contributed by atoms with E-state index in [0.29, 0.717) is 47.7 Å². The fraction of sp³-hybridized carbons (Fsp3) is 0.643. The molecule has 0 amide bonds. The van der Waals surface area contributed by atoms with Crippen LogP contribution in [-0.4, -0.2) is 34.1 Å². The van der Waals surface area contributed by atoms with Crippen LogP contribution in [0.3, 0.4) is 0 Å². The Bertz CT molecular complexity index is 1540. The summed E-state index contributed by atoms with van der Waals surface area (Å²) in [4.78, 5) is 2.82. The van der Waals surface area contributed by atoms with E-state index in [1.54, 1.807) is 22.4 Å². The van der Waals surface area contributed by atoms with Gasteiger partial charge < -0.3 is 20.5 Å². The zero-order valence-corrected chi connectivity index (χ0v) is 29.0. The molecule has 0 radical (unpaired) electrons. The number of allylic oxidation sites excluding steroid dienone is 4. The van der Waals surface area contributed by atoms with E-state index < -0.39 is 0 Å². The van der Waals surface area contributed by atoms with E-state index in [9.17, 15) is 5.26 Å². The van der Waals surface area contributed by atoms with E-state index in [-0.39, 0.29) is 5.92 Å². The Balaban J connectivity index is 1.17. The van der Waals surface area contributed by atoms with Gasteiger partial charge in [-0.1, -0.05) is 57.1 Å². The molecule has 7 aliphatic rings. The van der Waals surface area contributed by atoms with E-state index in [4.69, 9.17) is 5.73 Å². The molecule has 5 heteroatoms. The van der Waals surface area contributed by atoms with Crippen LogP contribution in [-0.2, 0) is 12.8 Å². The molecule has 8 rings (SSSR count). The lowest BCUT2D eigenvalue weighted by atomic mass is 9.75. The van der Waals surface area contributed by atoms with Crippen LogP contribution < -0.4 is 11.1 Å². The van der Waals surface area contributed by atoms with Gasteiger partial charge in [0.2, 0.25) is 0 Å². The van der Waals surface area contributed by atoms with Gasteiger partial charge >= 0.3 is 0 Å². The SMILES string of the molecule is CC1CC=Cc2c1c1c(n2/C(N)=C/C(CN2C3=C(C4C=CC=CC42)[C@@H](C)CCC3)C2CCCC(C3CCCC(C#N)C3)N2)CCCC1. The number of aromatic nitrogens is 1. The highest BCUT2D eigenvalue weighted by atomic mass is 15.2. The molecule has 0 aromatic carbocycles. The summed E-state index contributed by atoms with van der Waals surface area (Å²) in [7, 11) is 0. The average molecular weight is 632 g/mol. The van der Waals surface area contributed by atoms with E-state index in [0.717, 1.165) is 38.0 Å². The maximum atomic E-state index is 9.77. The lowest BCUT2D eigenvalue weighted by Gasteiger charge is -2.43. The van der Waals surface area contributed by atoms with Crippen molar-refractivity contribution in [1.29, 1.82) is 5.26 Å². The van der Waals surface area contributed by atoms with Crippen molar-refractivity contribution in [1.82, 2.24) is 14.8 Å². The molecular formula is C42H57N5. The highest BCUT2D eigenvalue weighted by Crippen LogP contribution is 2.48. The van der Waals surface area contributed by atoms with Crippen molar-refractivity contribution >= 4 is 11.9 Å². The first-order valence-corrected chi connectivity index (χ1v) is 19.4. The van der Waals surface area contributed by atoms with E-state index in [2.05, 4.69) is 77.2 Å². The Morgan fingerprint density at radius 3 is 2.74 bits per heavy atom. The molecule has 0 bridgehead atoms. The van der Waals surface area contributed by atoms with Crippen LogP contribution in [0.4, 0.5) is 0 Å². The van der Waals surface area contributed by atoms with Gasteiger partial charge in [-0.25, -0.2) is 0 Å². The molecule has 3 heterocycles. The fourth-order valence-electron chi connectivity index (χ4n) is 11.2. The second kappa shape index (κ2) is 13.1. The van der Waals surface area contributed by atoms with E-state index in [1.165, 1.54) is 82.0 Å². The van der Waals surface area contributed by atoms with E-state index in [1.807, 2.05) is 0 Å².